The zero-order chi connectivity index (χ0) is 9.14. The zero-order valence-electron chi connectivity index (χ0n) is 7.66. The van der Waals surface area contributed by atoms with E-state index in [1.165, 1.54) is 0 Å². The molecular formula is C8H16N2O2. The van der Waals surface area contributed by atoms with Crippen molar-refractivity contribution in [2.24, 2.45) is 0 Å². The third-order valence-corrected chi connectivity index (χ3v) is 2.23. The summed E-state index contributed by atoms with van der Waals surface area (Å²) in [6.07, 6.45) is 0.613. The van der Waals surface area contributed by atoms with Crippen LogP contribution in [-0.4, -0.2) is 53.7 Å². The fourth-order valence-corrected chi connectivity index (χ4v) is 1.68. The number of nitrogens with zero attached hydrogens (tertiary/aromatic N) is 2. The maximum Gasteiger partial charge on any atom is 0.336 e. The van der Waals surface area contributed by atoms with Crippen LogP contribution in [0.15, 0.2) is 0 Å². The molecule has 1 saturated heterocycles. The van der Waals surface area contributed by atoms with Gasteiger partial charge in [-0.25, -0.2) is 4.79 Å². The minimum atomic E-state index is -0.733. The first-order chi connectivity index (χ1) is 5.66. The summed E-state index contributed by atoms with van der Waals surface area (Å²) in [5.41, 5.74) is 0. The van der Waals surface area contributed by atoms with Gasteiger partial charge in [0.25, 0.3) is 0 Å². The van der Waals surface area contributed by atoms with Crippen LogP contribution in [0.5, 0.6) is 0 Å². The van der Waals surface area contributed by atoms with Gasteiger partial charge in [0.1, 0.15) is 0 Å². The Morgan fingerprint density at radius 2 is 2.25 bits per heavy atom. The highest BCUT2D eigenvalue weighted by atomic mass is 16.4. The summed E-state index contributed by atoms with van der Waals surface area (Å²) >= 11 is 0. The van der Waals surface area contributed by atoms with Crippen LogP contribution in [-0.2, 0) is 4.79 Å². The summed E-state index contributed by atoms with van der Waals surface area (Å²) in [4.78, 5) is 14.7. The Bertz CT molecular complexity index is 170. The molecule has 1 atom stereocenters. The van der Waals surface area contributed by atoms with Crippen LogP contribution in [0.25, 0.3) is 0 Å². The molecular weight excluding hydrogens is 156 g/mol. The lowest BCUT2D eigenvalue weighted by Gasteiger charge is -2.23. The number of likely N-dealkylation sites (N-methyl/N-ethyl adjacent to an activating group) is 1. The molecule has 1 N–H and O–H groups in total. The van der Waals surface area contributed by atoms with Gasteiger partial charge in [0.05, 0.1) is 0 Å². The summed E-state index contributed by atoms with van der Waals surface area (Å²) in [6, 6.07) is 0. The zero-order valence-corrected chi connectivity index (χ0v) is 7.66. The van der Waals surface area contributed by atoms with Gasteiger partial charge in [-0.2, -0.15) is 0 Å². The molecule has 1 rings (SSSR count). The van der Waals surface area contributed by atoms with Crippen molar-refractivity contribution in [3.05, 3.63) is 0 Å². The van der Waals surface area contributed by atoms with Crippen LogP contribution < -0.4 is 0 Å². The average Bonchev–Trinajstić information content (AvgIpc) is 2.32. The molecule has 4 heteroatoms. The molecule has 1 aliphatic rings. The molecule has 1 fully saturated rings. The summed E-state index contributed by atoms with van der Waals surface area (Å²) in [6.45, 7) is 4.68. The standard InChI is InChI=1S/C8H16N2O2/c1-3-4-10-6-5-9(2)7(10)8(11)12/h7H,3-6H2,1-2H3,(H,11,12). The number of rotatable bonds is 3. The van der Waals surface area contributed by atoms with Crippen LogP contribution in [0.3, 0.4) is 0 Å². The highest BCUT2D eigenvalue weighted by Crippen LogP contribution is 2.12. The van der Waals surface area contributed by atoms with E-state index < -0.39 is 12.1 Å². The molecule has 1 unspecified atom stereocenters. The van der Waals surface area contributed by atoms with Crippen molar-refractivity contribution in [2.45, 2.75) is 19.5 Å². The van der Waals surface area contributed by atoms with Gasteiger partial charge in [-0.05, 0) is 20.0 Å². The van der Waals surface area contributed by atoms with E-state index >= 15 is 0 Å². The summed E-state index contributed by atoms with van der Waals surface area (Å²) in [5, 5.41) is 8.90. The Kier molecular flexibility index (Phi) is 3.05. The minimum Gasteiger partial charge on any atom is -0.479 e. The average molecular weight is 172 g/mol. The molecule has 70 valence electrons. The number of aliphatic carboxylic acids is 1. The highest BCUT2D eigenvalue weighted by molar-refractivity contribution is 5.73. The summed E-state index contributed by atoms with van der Waals surface area (Å²) < 4.78 is 0. The van der Waals surface area contributed by atoms with Crippen molar-refractivity contribution >= 4 is 5.97 Å². The van der Waals surface area contributed by atoms with Crippen molar-refractivity contribution in [1.29, 1.82) is 0 Å². The van der Waals surface area contributed by atoms with Crippen molar-refractivity contribution in [2.75, 3.05) is 26.7 Å². The molecule has 1 heterocycles. The summed E-state index contributed by atoms with van der Waals surface area (Å²) in [7, 11) is 1.86. The van der Waals surface area contributed by atoms with Gasteiger partial charge >= 0.3 is 5.97 Å². The Labute approximate surface area is 72.8 Å². The van der Waals surface area contributed by atoms with Crippen molar-refractivity contribution in [1.82, 2.24) is 9.80 Å². The second-order valence-corrected chi connectivity index (χ2v) is 3.23. The second-order valence-electron chi connectivity index (χ2n) is 3.23. The lowest BCUT2D eigenvalue weighted by atomic mass is 10.4. The first-order valence-electron chi connectivity index (χ1n) is 4.34. The molecule has 0 aliphatic carbocycles. The van der Waals surface area contributed by atoms with Crippen molar-refractivity contribution in [3.8, 4) is 0 Å². The maximum absolute atomic E-state index is 10.8. The molecule has 4 nitrogen and oxygen atoms in total. The molecule has 0 aromatic heterocycles. The van der Waals surface area contributed by atoms with E-state index in [2.05, 4.69) is 6.92 Å². The van der Waals surface area contributed by atoms with Crippen LogP contribution in [0.4, 0.5) is 0 Å². The number of carboxylic acids is 1. The van der Waals surface area contributed by atoms with E-state index in [1.807, 2.05) is 16.8 Å². The monoisotopic (exact) mass is 172 g/mol. The quantitative estimate of drug-likeness (QED) is 0.653. The molecule has 0 saturated carbocycles. The van der Waals surface area contributed by atoms with E-state index in [1.54, 1.807) is 0 Å². The van der Waals surface area contributed by atoms with Gasteiger partial charge in [0.2, 0.25) is 0 Å². The molecule has 0 spiro atoms. The van der Waals surface area contributed by atoms with Gasteiger partial charge in [-0.3, -0.25) is 9.80 Å². The van der Waals surface area contributed by atoms with E-state index in [4.69, 9.17) is 5.11 Å². The fraction of sp³-hybridized carbons (Fsp3) is 0.875. The van der Waals surface area contributed by atoms with Crippen molar-refractivity contribution < 1.29 is 9.90 Å². The number of hydrogen-bond donors (Lipinski definition) is 1. The number of hydrogen-bond acceptors (Lipinski definition) is 3. The van der Waals surface area contributed by atoms with E-state index in [-0.39, 0.29) is 0 Å². The molecule has 0 aromatic carbocycles. The predicted molar refractivity (Wildman–Crippen MR) is 45.9 cm³/mol. The van der Waals surface area contributed by atoms with Crippen molar-refractivity contribution in [3.63, 3.8) is 0 Å². The van der Waals surface area contributed by atoms with Crippen LogP contribution >= 0.6 is 0 Å². The molecule has 1 aliphatic heterocycles. The Morgan fingerprint density at radius 1 is 1.58 bits per heavy atom. The minimum absolute atomic E-state index is 0.398. The van der Waals surface area contributed by atoms with Crippen LogP contribution in [0, 0.1) is 0 Å². The largest absolute Gasteiger partial charge is 0.479 e. The SMILES string of the molecule is CCCN1CCN(C)C1C(=O)O. The number of carbonyl (C=O) groups is 1. The molecule has 12 heavy (non-hydrogen) atoms. The first-order valence-corrected chi connectivity index (χ1v) is 4.34. The van der Waals surface area contributed by atoms with Gasteiger partial charge in [-0.1, -0.05) is 6.92 Å². The molecule has 0 radical (unpaired) electrons. The van der Waals surface area contributed by atoms with E-state index in [9.17, 15) is 4.79 Å². The Hall–Kier alpha value is -0.610. The second kappa shape index (κ2) is 3.87. The fourth-order valence-electron chi connectivity index (χ4n) is 1.68. The van der Waals surface area contributed by atoms with Gasteiger partial charge < -0.3 is 5.11 Å². The lowest BCUT2D eigenvalue weighted by Crippen LogP contribution is -2.43. The third-order valence-electron chi connectivity index (χ3n) is 2.23. The predicted octanol–water partition coefficient (Wildman–Crippen LogP) is 0.0545. The highest BCUT2D eigenvalue weighted by Gasteiger charge is 2.33. The molecule has 0 aromatic rings. The lowest BCUT2D eigenvalue weighted by molar-refractivity contribution is -0.146. The summed E-state index contributed by atoms with van der Waals surface area (Å²) in [5.74, 6) is -0.733. The Morgan fingerprint density at radius 3 is 2.75 bits per heavy atom. The van der Waals surface area contributed by atoms with Gasteiger partial charge in [0.15, 0.2) is 6.17 Å². The topological polar surface area (TPSA) is 43.8 Å². The van der Waals surface area contributed by atoms with Gasteiger partial charge in [0, 0.05) is 13.1 Å². The van der Waals surface area contributed by atoms with E-state index in [0.717, 1.165) is 26.1 Å². The van der Waals surface area contributed by atoms with Crippen LogP contribution in [0.2, 0.25) is 0 Å². The number of carboxylic acid groups (broad SMARTS) is 1. The molecule has 0 amide bonds. The maximum atomic E-state index is 10.8. The van der Waals surface area contributed by atoms with E-state index in [0.29, 0.717) is 0 Å². The van der Waals surface area contributed by atoms with Gasteiger partial charge in [-0.15, -0.1) is 0 Å². The van der Waals surface area contributed by atoms with Crippen LogP contribution in [0.1, 0.15) is 13.3 Å². The Balaban J connectivity index is 2.57. The smallest absolute Gasteiger partial charge is 0.336 e. The first kappa shape index (κ1) is 9.48. The normalized spacial score (nSPS) is 26.3. The molecule has 0 bridgehead atoms. The third kappa shape index (κ3) is 1.76.